The number of halogens is 3. The molecule has 0 aliphatic rings. The highest BCUT2D eigenvalue weighted by atomic mass is 19.2. The van der Waals surface area contributed by atoms with E-state index < -0.39 is 23.4 Å². The number of rotatable bonds is 4. The summed E-state index contributed by atoms with van der Waals surface area (Å²) in [4.78, 5) is 10.7. The Morgan fingerprint density at radius 1 is 1.15 bits per heavy atom. The van der Waals surface area contributed by atoms with E-state index in [-0.39, 0.29) is 23.5 Å². The number of aromatic carboxylic acids is 1. The van der Waals surface area contributed by atoms with E-state index in [0.717, 1.165) is 24.3 Å². The first-order valence-corrected chi connectivity index (χ1v) is 5.57. The van der Waals surface area contributed by atoms with Crippen LogP contribution in [0.2, 0.25) is 0 Å². The molecule has 1 N–H and O–H groups in total. The predicted octanol–water partition coefficient (Wildman–Crippen LogP) is 3.38. The Balaban J connectivity index is 2.19. The standard InChI is InChI=1S/C14H9F3O3/c15-10-4-9(14(18)19)5-11(6-10)20-7-8-2-1-3-12(16)13(8)17/h1-6H,7H2,(H,18,19). The number of carbonyl (C=O) groups is 1. The molecular formula is C14H9F3O3. The zero-order valence-corrected chi connectivity index (χ0v) is 10.1. The summed E-state index contributed by atoms with van der Waals surface area (Å²) in [6.07, 6.45) is 0. The lowest BCUT2D eigenvalue weighted by Crippen LogP contribution is -2.02. The smallest absolute Gasteiger partial charge is 0.335 e. The summed E-state index contributed by atoms with van der Waals surface area (Å²) >= 11 is 0. The van der Waals surface area contributed by atoms with Crippen LogP contribution in [0.3, 0.4) is 0 Å². The third-order valence-electron chi connectivity index (χ3n) is 2.54. The van der Waals surface area contributed by atoms with Gasteiger partial charge in [-0.25, -0.2) is 18.0 Å². The van der Waals surface area contributed by atoms with Crippen LogP contribution in [0.1, 0.15) is 15.9 Å². The van der Waals surface area contributed by atoms with E-state index in [0.29, 0.717) is 0 Å². The monoisotopic (exact) mass is 282 g/mol. The Hall–Kier alpha value is -2.50. The number of carboxylic acid groups (broad SMARTS) is 1. The van der Waals surface area contributed by atoms with Gasteiger partial charge in [0, 0.05) is 11.6 Å². The lowest BCUT2D eigenvalue weighted by atomic mass is 10.2. The van der Waals surface area contributed by atoms with Crippen molar-refractivity contribution in [1.82, 2.24) is 0 Å². The second-order valence-corrected chi connectivity index (χ2v) is 3.98. The summed E-state index contributed by atoms with van der Waals surface area (Å²) in [6, 6.07) is 6.48. The van der Waals surface area contributed by atoms with Gasteiger partial charge in [-0.05, 0) is 18.2 Å². The van der Waals surface area contributed by atoms with Crippen LogP contribution in [0.25, 0.3) is 0 Å². The first-order chi connectivity index (χ1) is 9.47. The Labute approximate surface area is 112 Å². The minimum Gasteiger partial charge on any atom is -0.489 e. The number of benzene rings is 2. The molecule has 0 aliphatic carbocycles. The van der Waals surface area contributed by atoms with E-state index >= 15 is 0 Å². The molecule has 0 amide bonds. The first-order valence-electron chi connectivity index (χ1n) is 5.57. The molecule has 0 fully saturated rings. The largest absolute Gasteiger partial charge is 0.489 e. The van der Waals surface area contributed by atoms with Gasteiger partial charge in [0.2, 0.25) is 0 Å². The van der Waals surface area contributed by atoms with E-state index in [1.807, 2.05) is 0 Å². The number of ether oxygens (including phenoxy) is 1. The topological polar surface area (TPSA) is 46.5 Å². The molecule has 0 saturated carbocycles. The Morgan fingerprint density at radius 2 is 1.90 bits per heavy atom. The van der Waals surface area contributed by atoms with Gasteiger partial charge in [-0.2, -0.15) is 0 Å². The van der Waals surface area contributed by atoms with Crippen molar-refractivity contribution in [2.45, 2.75) is 6.61 Å². The highest BCUT2D eigenvalue weighted by molar-refractivity contribution is 5.88. The second kappa shape index (κ2) is 5.64. The molecule has 0 bridgehead atoms. The van der Waals surface area contributed by atoms with Crippen LogP contribution >= 0.6 is 0 Å². The number of hydrogen-bond donors (Lipinski definition) is 1. The van der Waals surface area contributed by atoms with E-state index in [4.69, 9.17) is 9.84 Å². The van der Waals surface area contributed by atoms with Crippen LogP contribution in [-0.2, 0) is 6.61 Å². The maximum atomic E-state index is 13.4. The van der Waals surface area contributed by atoms with Gasteiger partial charge in [0.25, 0.3) is 0 Å². The molecule has 0 spiro atoms. The quantitative estimate of drug-likeness (QED) is 0.935. The maximum Gasteiger partial charge on any atom is 0.335 e. The summed E-state index contributed by atoms with van der Waals surface area (Å²) in [5.41, 5.74) is -0.342. The Bertz CT molecular complexity index is 656. The van der Waals surface area contributed by atoms with Gasteiger partial charge >= 0.3 is 5.97 Å². The average molecular weight is 282 g/mol. The van der Waals surface area contributed by atoms with E-state index in [2.05, 4.69) is 0 Å². The van der Waals surface area contributed by atoms with E-state index in [9.17, 15) is 18.0 Å². The van der Waals surface area contributed by atoms with E-state index in [1.165, 1.54) is 12.1 Å². The average Bonchev–Trinajstić information content (AvgIpc) is 2.40. The maximum absolute atomic E-state index is 13.4. The molecule has 6 heteroatoms. The summed E-state index contributed by atoms with van der Waals surface area (Å²) in [6.45, 7) is -0.341. The highest BCUT2D eigenvalue weighted by Gasteiger charge is 2.11. The van der Waals surface area contributed by atoms with Gasteiger partial charge < -0.3 is 9.84 Å². The summed E-state index contributed by atoms with van der Waals surface area (Å²) < 4.78 is 44.6. The third-order valence-corrected chi connectivity index (χ3v) is 2.54. The molecule has 0 atom stereocenters. The van der Waals surface area contributed by atoms with Crippen molar-refractivity contribution in [1.29, 1.82) is 0 Å². The fourth-order valence-corrected chi connectivity index (χ4v) is 1.59. The summed E-state index contributed by atoms with van der Waals surface area (Å²) in [7, 11) is 0. The molecular weight excluding hydrogens is 273 g/mol. The Morgan fingerprint density at radius 3 is 2.60 bits per heavy atom. The van der Waals surface area contributed by atoms with E-state index in [1.54, 1.807) is 0 Å². The normalized spacial score (nSPS) is 10.3. The second-order valence-electron chi connectivity index (χ2n) is 3.98. The van der Waals surface area contributed by atoms with Crippen molar-refractivity contribution >= 4 is 5.97 Å². The fourth-order valence-electron chi connectivity index (χ4n) is 1.59. The van der Waals surface area contributed by atoms with Crippen LogP contribution < -0.4 is 4.74 Å². The molecule has 104 valence electrons. The zero-order chi connectivity index (χ0) is 14.7. The molecule has 0 radical (unpaired) electrons. The van der Waals surface area contributed by atoms with Crippen LogP contribution in [0, 0.1) is 17.5 Å². The van der Waals surface area contributed by atoms with Crippen LogP contribution in [-0.4, -0.2) is 11.1 Å². The van der Waals surface area contributed by atoms with Crippen molar-refractivity contribution in [2.24, 2.45) is 0 Å². The molecule has 0 aromatic heterocycles. The SMILES string of the molecule is O=C(O)c1cc(F)cc(OCc2cccc(F)c2F)c1. The fraction of sp³-hybridized carbons (Fsp3) is 0.0714. The van der Waals surface area contributed by atoms with Gasteiger partial charge in [0.05, 0.1) is 5.56 Å². The molecule has 0 aliphatic heterocycles. The highest BCUT2D eigenvalue weighted by Crippen LogP contribution is 2.19. The van der Waals surface area contributed by atoms with Crippen molar-refractivity contribution in [2.75, 3.05) is 0 Å². The van der Waals surface area contributed by atoms with Crippen molar-refractivity contribution in [3.63, 3.8) is 0 Å². The van der Waals surface area contributed by atoms with Gasteiger partial charge in [0.1, 0.15) is 18.2 Å². The summed E-state index contributed by atoms with van der Waals surface area (Å²) in [5.74, 6) is -4.25. The number of hydrogen-bond acceptors (Lipinski definition) is 2. The van der Waals surface area contributed by atoms with Gasteiger partial charge in [-0.3, -0.25) is 0 Å². The Kier molecular flexibility index (Phi) is 3.93. The molecule has 2 rings (SSSR count). The van der Waals surface area contributed by atoms with Crippen molar-refractivity contribution in [3.05, 3.63) is 65.0 Å². The molecule has 0 saturated heterocycles. The minimum atomic E-state index is -1.31. The van der Waals surface area contributed by atoms with Crippen LogP contribution in [0.5, 0.6) is 5.75 Å². The molecule has 2 aromatic carbocycles. The van der Waals surface area contributed by atoms with Gasteiger partial charge in [-0.15, -0.1) is 0 Å². The van der Waals surface area contributed by atoms with Gasteiger partial charge in [0.15, 0.2) is 11.6 Å². The summed E-state index contributed by atoms with van der Waals surface area (Å²) in [5, 5.41) is 8.77. The first kappa shape index (κ1) is 13.9. The van der Waals surface area contributed by atoms with Gasteiger partial charge in [-0.1, -0.05) is 12.1 Å². The predicted molar refractivity (Wildman–Crippen MR) is 64.0 cm³/mol. The molecule has 0 heterocycles. The molecule has 0 unspecified atom stereocenters. The van der Waals surface area contributed by atoms with Crippen LogP contribution in [0.15, 0.2) is 36.4 Å². The molecule has 2 aromatic rings. The molecule has 20 heavy (non-hydrogen) atoms. The number of carboxylic acids is 1. The lowest BCUT2D eigenvalue weighted by Gasteiger charge is -2.08. The minimum absolute atomic E-state index is 0.0499. The van der Waals surface area contributed by atoms with Crippen molar-refractivity contribution in [3.8, 4) is 5.75 Å². The molecule has 3 nitrogen and oxygen atoms in total. The lowest BCUT2D eigenvalue weighted by molar-refractivity contribution is 0.0695. The van der Waals surface area contributed by atoms with Crippen molar-refractivity contribution < 1.29 is 27.8 Å². The van der Waals surface area contributed by atoms with Crippen LogP contribution in [0.4, 0.5) is 13.2 Å². The zero-order valence-electron chi connectivity index (χ0n) is 10.1. The third kappa shape index (κ3) is 3.09.